The average molecular weight is 135 g/mol. The van der Waals surface area contributed by atoms with Gasteiger partial charge in [-0.05, 0) is 0 Å². The monoisotopic (exact) mass is 135 g/mol. The first-order chi connectivity index (χ1) is 4.83. The third-order valence-electron chi connectivity index (χ3n) is 1.15. The summed E-state index contributed by atoms with van der Waals surface area (Å²) in [4.78, 5) is 0. The molecule has 0 fully saturated rings. The van der Waals surface area contributed by atoms with Gasteiger partial charge in [0.05, 0.1) is 7.05 Å². The second kappa shape index (κ2) is 3.07. The number of rotatable bonds is 0. The van der Waals surface area contributed by atoms with Crippen LogP contribution in [0.5, 0.6) is 0 Å². The van der Waals surface area contributed by atoms with Crippen LogP contribution in [0.2, 0.25) is 0 Å². The number of nitrogens with zero attached hydrogens (tertiary/aromatic N) is 2. The molecule has 0 bridgehead atoms. The van der Waals surface area contributed by atoms with E-state index in [0.29, 0.717) is 0 Å². The number of imidazole rings is 1. The van der Waals surface area contributed by atoms with Crippen LogP contribution in [-0.4, -0.2) is 4.57 Å². The Labute approximate surface area is 61.1 Å². The quantitative estimate of drug-likeness (QED) is 0.362. The van der Waals surface area contributed by atoms with Crippen LogP contribution in [0.1, 0.15) is 13.3 Å². The van der Waals surface area contributed by atoms with E-state index in [-0.39, 0.29) is 0 Å². The normalized spacial score (nSPS) is 8.60. The maximum absolute atomic E-state index is 2.98. The van der Waals surface area contributed by atoms with Crippen molar-refractivity contribution < 1.29 is 4.57 Å². The molecule has 1 rings (SSSR count). The summed E-state index contributed by atoms with van der Waals surface area (Å²) in [5.41, 5.74) is 0. The van der Waals surface area contributed by atoms with Crippen LogP contribution in [0.25, 0.3) is 0 Å². The fourth-order valence-corrected chi connectivity index (χ4v) is 0.687. The summed E-state index contributed by atoms with van der Waals surface area (Å²) in [5.74, 6) is 2.98. The Morgan fingerprint density at radius 1 is 1.60 bits per heavy atom. The van der Waals surface area contributed by atoms with Gasteiger partial charge in [0.25, 0.3) is 6.33 Å². The van der Waals surface area contributed by atoms with Crippen molar-refractivity contribution in [1.29, 1.82) is 0 Å². The molecule has 2 nitrogen and oxygen atoms in total. The molecule has 0 saturated heterocycles. The van der Waals surface area contributed by atoms with Gasteiger partial charge in [0.2, 0.25) is 0 Å². The molecule has 1 aromatic rings. The summed E-state index contributed by atoms with van der Waals surface area (Å²) < 4.78 is 3.81. The van der Waals surface area contributed by atoms with E-state index in [0.717, 1.165) is 6.42 Å². The highest BCUT2D eigenvalue weighted by Gasteiger charge is 1.92. The molecule has 2 heteroatoms. The topological polar surface area (TPSA) is 8.81 Å². The van der Waals surface area contributed by atoms with E-state index in [9.17, 15) is 0 Å². The van der Waals surface area contributed by atoms with E-state index < -0.39 is 0 Å². The Bertz CT molecular complexity index is 262. The minimum Gasteiger partial charge on any atom is -0.239 e. The molecule has 0 radical (unpaired) electrons. The zero-order valence-electron chi connectivity index (χ0n) is 6.33. The summed E-state index contributed by atoms with van der Waals surface area (Å²) >= 11 is 0. The summed E-state index contributed by atoms with van der Waals surface area (Å²) in [6, 6.07) is 2.96. The van der Waals surface area contributed by atoms with Gasteiger partial charge in [0.15, 0.2) is 0 Å². The predicted octanol–water partition coefficient (Wildman–Crippen LogP) is 0.532. The lowest BCUT2D eigenvalue weighted by molar-refractivity contribution is -0.670. The zero-order valence-corrected chi connectivity index (χ0v) is 6.33. The molecule has 1 heterocycles. The fourth-order valence-electron chi connectivity index (χ4n) is 0.687. The molecular formula is C8H11N2+. The van der Waals surface area contributed by atoms with Crippen LogP contribution < -0.4 is 4.57 Å². The van der Waals surface area contributed by atoms with E-state index in [1.807, 2.05) is 41.8 Å². The van der Waals surface area contributed by atoms with Gasteiger partial charge in [-0.2, -0.15) is 4.57 Å². The molecule has 0 unspecified atom stereocenters. The van der Waals surface area contributed by atoms with Gasteiger partial charge < -0.3 is 0 Å². The van der Waals surface area contributed by atoms with Crippen LogP contribution in [-0.2, 0) is 7.05 Å². The second-order valence-electron chi connectivity index (χ2n) is 2.13. The van der Waals surface area contributed by atoms with Crippen LogP contribution in [0.15, 0.2) is 18.7 Å². The smallest absolute Gasteiger partial charge is 0.239 e. The largest absolute Gasteiger partial charge is 0.257 e. The van der Waals surface area contributed by atoms with Crippen LogP contribution in [0.3, 0.4) is 0 Å². The van der Waals surface area contributed by atoms with E-state index in [1.165, 1.54) is 0 Å². The Morgan fingerprint density at radius 3 is 2.90 bits per heavy atom. The van der Waals surface area contributed by atoms with Gasteiger partial charge >= 0.3 is 0 Å². The van der Waals surface area contributed by atoms with Crippen molar-refractivity contribution in [2.45, 2.75) is 13.3 Å². The minimum atomic E-state index is 0.905. The van der Waals surface area contributed by atoms with Crippen LogP contribution >= 0.6 is 0 Å². The average Bonchev–Trinajstić information content (AvgIpc) is 2.31. The number of hydrogen-bond donors (Lipinski definition) is 0. The van der Waals surface area contributed by atoms with Crippen molar-refractivity contribution in [3.05, 3.63) is 18.7 Å². The van der Waals surface area contributed by atoms with Crippen molar-refractivity contribution in [3.8, 4) is 12.0 Å². The number of aromatic nitrogens is 2. The Balaban J connectivity index is 2.76. The summed E-state index contributed by atoms with van der Waals surface area (Å²) in [6.07, 6.45) is 6.73. The molecule has 1 aromatic heterocycles. The maximum atomic E-state index is 2.98. The van der Waals surface area contributed by atoms with Gasteiger partial charge in [-0.3, -0.25) is 0 Å². The summed E-state index contributed by atoms with van der Waals surface area (Å²) in [5, 5.41) is 0. The van der Waals surface area contributed by atoms with E-state index in [1.54, 1.807) is 0 Å². The predicted molar refractivity (Wildman–Crippen MR) is 39.1 cm³/mol. The molecule has 52 valence electrons. The summed E-state index contributed by atoms with van der Waals surface area (Å²) in [6.45, 7) is 2.04. The lowest BCUT2D eigenvalue weighted by Gasteiger charge is -1.74. The van der Waals surface area contributed by atoms with Gasteiger partial charge in [0.1, 0.15) is 18.4 Å². The van der Waals surface area contributed by atoms with Gasteiger partial charge in [0, 0.05) is 6.42 Å². The molecule has 0 N–H and O–H groups in total. The highest BCUT2D eigenvalue weighted by molar-refractivity contribution is 5.00. The standard InChI is InChI=1S/C8H11N2/c1-3-4-5-10-7-6-9(2)8-10/h6-8H,3H2,1-2H3/q+1. The van der Waals surface area contributed by atoms with Crippen molar-refractivity contribution in [2.75, 3.05) is 0 Å². The molecule has 0 atom stereocenters. The molecule has 0 amide bonds. The summed E-state index contributed by atoms with van der Waals surface area (Å²) in [7, 11) is 1.98. The van der Waals surface area contributed by atoms with E-state index in [2.05, 4.69) is 12.0 Å². The van der Waals surface area contributed by atoms with Crippen molar-refractivity contribution in [1.82, 2.24) is 4.57 Å². The lowest BCUT2D eigenvalue weighted by atomic mass is 10.5. The second-order valence-corrected chi connectivity index (χ2v) is 2.13. The van der Waals surface area contributed by atoms with Crippen molar-refractivity contribution in [2.24, 2.45) is 7.05 Å². The molecule has 0 saturated carbocycles. The van der Waals surface area contributed by atoms with E-state index in [4.69, 9.17) is 0 Å². The molecule has 0 aromatic carbocycles. The van der Waals surface area contributed by atoms with Crippen molar-refractivity contribution >= 4 is 0 Å². The highest BCUT2D eigenvalue weighted by Crippen LogP contribution is 1.77. The SMILES string of the molecule is CCC#Cn1cc[n+](C)c1. The Morgan fingerprint density at radius 2 is 2.40 bits per heavy atom. The molecule has 0 aliphatic heterocycles. The third kappa shape index (κ3) is 1.63. The number of aryl methyl sites for hydroxylation is 1. The van der Waals surface area contributed by atoms with Gasteiger partial charge in [-0.15, -0.1) is 0 Å². The highest BCUT2D eigenvalue weighted by atomic mass is 15.1. The molecule has 0 aliphatic carbocycles. The van der Waals surface area contributed by atoms with Crippen molar-refractivity contribution in [3.63, 3.8) is 0 Å². The maximum Gasteiger partial charge on any atom is 0.257 e. The first-order valence-electron chi connectivity index (χ1n) is 3.35. The number of hydrogen-bond acceptors (Lipinski definition) is 0. The lowest BCUT2D eigenvalue weighted by Crippen LogP contribution is -2.23. The zero-order chi connectivity index (χ0) is 7.40. The minimum absolute atomic E-state index is 0.905. The molecule has 0 spiro atoms. The fraction of sp³-hybridized carbons (Fsp3) is 0.375. The van der Waals surface area contributed by atoms with E-state index >= 15 is 0 Å². The van der Waals surface area contributed by atoms with Gasteiger partial charge in [-0.25, -0.2) is 4.57 Å². The van der Waals surface area contributed by atoms with Crippen LogP contribution in [0.4, 0.5) is 0 Å². The molecule has 10 heavy (non-hydrogen) atoms. The van der Waals surface area contributed by atoms with Crippen LogP contribution in [0, 0.1) is 12.0 Å². The first kappa shape index (κ1) is 6.88. The third-order valence-corrected chi connectivity index (χ3v) is 1.15. The van der Waals surface area contributed by atoms with Gasteiger partial charge in [-0.1, -0.05) is 12.8 Å². The molecular weight excluding hydrogens is 124 g/mol. The Hall–Kier alpha value is -1.23. The molecule has 0 aliphatic rings. The Kier molecular flexibility index (Phi) is 2.11. The first-order valence-corrected chi connectivity index (χ1v) is 3.35.